The van der Waals surface area contributed by atoms with Gasteiger partial charge in [-0.2, -0.15) is 13.2 Å². The Morgan fingerprint density at radius 1 is 1.23 bits per heavy atom. The molecule has 2 N–H and O–H groups in total. The molecule has 1 aromatic carbocycles. The van der Waals surface area contributed by atoms with E-state index in [-0.39, 0.29) is 42.5 Å². The number of guanidine groups is 1. The molecule has 1 atom stereocenters. The number of nitrogens with zero attached hydrogens (tertiary/aromatic N) is 2. The van der Waals surface area contributed by atoms with Crippen molar-refractivity contribution in [2.45, 2.75) is 50.7 Å². The fourth-order valence-corrected chi connectivity index (χ4v) is 3.44. The van der Waals surface area contributed by atoms with E-state index in [1.807, 2.05) is 6.92 Å². The summed E-state index contributed by atoms with van der Waals surface area (Å²) >= 11 is 0. The van der Waals surface area contributed by atoms with E-state index < -0.39 is 18.2 Å². The van der Waals surface area contributed by atoms with Crippen LogP contribution in [0.2, 0.25) is 0 Å². The number of alkyl halides is 5. The summed E-state index contributed by atoms with van der Waals surface area (Å²) in [6, 6.07) is 5.58. The van der Waals surface area contributed by atoms with Crippen molar-refractivity contribution < 1.29 is 22.0 Å². The molecule has 0 aliphatic carbocycles. The third-order valence-electron chi connectivity index (χ3n) is 5.20. The van der Waals surface area contributed by atoms with Crippen LogP contribution in [0.5, 0.6) is 0 Å². The molecule has 1 fully saturated rings. The quantitative estimate of drug-likeness (QED) is 0.225. The molecular formula is C20H30F5IN4. The van der Waals surface area contributed by atoms with E-state index in [1.54, 1.807) is 18.0 Å². The maximum atomic E-state index is 12.9. The molecule has 172 valence electrons. The number of hydrogen-bond acceptors (Lipinski definition) is 2. The molecule has 30 heavy (non-hydrogen) atoms. The average Bonchev–Trinajstić information content (AvgIpc) is 2.67. The van der Waals surface area contributed by atoms with Gasteiger partial charge in [-0.05, 0) is 36.8 Å². The van der Waals surface area contributed by atoms with Gasteiger partial charge < -0.3 is 10.6 Å². The minimum absolute atomic E-state index is 0. The van der Waals surface area contributed by atoms with Crippen LogP contribution >= 0.6 is 24.0 Å². The Morgan fingerprint density at radius 3 is 2.47 bits per heavy atom. The van der Waals surface area contributed by atoms with Crippen LogP contribution in [0.15, 0.2) is 29.3 Å². The van der Waals surface area contributed by atoms with Crippen LogP contribution in [0.3, 0.4) is 0 Å². The molecule has 0 aromatic heterocycles. The standard InChI is InChI=1S/C20H29F5N4.HI/c1-14(15-4-3-5-16(12-15)20(23,24)25)6-9-27-19(26-2)28-17-7-10-29(11-8-17)13-18(21)22;/h3-5,12,14,17-18H,6-11,13H2,1-2H3,(H2,26,27,28);1H. The van der Waals surface area contributed by atoms with E-state index >= 15 is 0 Å². The van der Waals surface area contributed by atoms with Crippen LogP contribution in [0.1, 0.15) is 43.2 Å². The van der Waals surface area contributed by atoms with E-state index in [9.17, 15) is 22.0 Å². The minimum Gasteiger partial charge on any atom is -0.356 e. The lowest BCUT2D eigenvalue weighted by molar-refractivity contribution is -0.137. The molecule has 0 spiro atoms. The lowest BCUT2D eigenvalue weighted by Gasteiger charge is -2.32. The number of nitrogens with one attached hydrogen (secondary N) is 2. The summed E-state index contributed by atoms with van der Waals surface area (Å²) in [6.07, 6.45) is -4.49. The summed E-state index contributed by atoms with van der Waals surface area (Å²) in [5.41, 5.74) is 0.0152. The summed E-state index contributed by atoms with van der Waals surface area (Å²) in [4.78, 5) is 5.94. The molecule has 0 radical (unpaired) electrons. The smallest absolute Gasteiger partial charge is 0.356 e. The van der Waals surface area contributed by atoms with E-state index in [4.69, 9.17) is 0 Å². The van der Waals surface area contributed by atoms with Crippen LogP contribution in [0, 0.1) is 0 Å². The first-order valence-corrected chi connectivity index (χ1v) is 9.84. The van der Waals surface area contributed by atoms with Crippen molar-refractivity contribution >= 4 is 29.9 Å². The lowest BCUT2D eigenvalue weighted by Crippen LogP contribution is -2.49. The summed E-state index contributed by atoms with van der Waals surface area (Å²) in [5, 5.41) is 6.49. The molecule has 1 aromatic rings. The van der Waals surface area contributed by atoms with Crippen molar-refractivity contribution in [1.82, 2.24) is 15.5 Å². The second kappa shape index (κ2) is 12.6. The Kier molecular flexibility index (Phi) is 11.3. The van der Waals surface area contributed by atoms with Gasteiger partial charge in [-0.3, -0.25) is 9.89 Å². The fourth-order valence-electron chi connectivity index (χ4n) is 3.44. The highest BCUT2D eigenvalue weighted by Gasteiger charge is 2.30. The Balaban J connectivity index is 0.00000450. The predicted octanol–water partition coefficient (Wildman–Crippen LogP) is 4.71. The van der Waals surface area contributed by atoms with Gasteiger partial charge in [-0.25, -0.2) is 8.78 Å². The summed E-state index contributed by atoms with van der Waals surface area (Å²) in [5.74, 6) is 0.578. The summed E-state index contributed by atoms with van der Waals surface area (Å²) in [6.45, 7) is 3.50. The third kappa shape index (κ3) is 8.91. The van der Waals surface area contributed by atoms with Gasteiger partial charge in [0.1, 0.15) is 0 Å². The molecular weight excluding hydrogens is 518 g/mol. The first kappa shape index (κ1) is 26.9. The fraction of sp³-hybridized carbons (Fsp3) is 0.650. The topological polar surface area (TPSA) is 39.7 Å². The van der Waals surface area contributed by atoms with Crippen molar-refractivity contribution in [3.63, 3.8) is 0 Å². The minimum atomic E-state index is -4.34. The molecule has 1 heterocycles. The van der Waals surface area contributed by atoms with Crippen LogP contribution in [-0.4, -0.2) is 56.6 Å². The molecule has 1 saturated heterocycles. The Bertz CT molecular complexity index is 661. The zero-order chi connectivity index (χ0) is 21.4. The van der Waals surface area contributed by atoms with Crippen molar-refractivity contribution in [2.75, 3.05) is 33.2 Å². The van der Waals surface area contributed by atoms with E-state index in [0.717, 1.165) is 18.9 Å². The summed E-state index contributed by atoms with van der Waals surface area (Å²) in [7, 11) is 1.65. The molecule has 0 amide bonds. The van der Waals surface area contributed by atoms with Crippen LogP contribution in [0.25, 0.3) is 0 Å². The normalized spacial score (nSPS) is 17.5. The molecule has 2 rings (SSSR count). The molecule has 1 aliphatic rings. The van der Waals surface area contributed by atoms with E-state index in [0.29, 0.717) is 37.6 Å². The number of piperidine rings is 1. The zero-order valence-electron chi connectivity index (χ0n) is 17.2. The molecule has 4 nitrogen and oxygen atoms in total. The second-order valence-electron chi connectivity index (χ2n) is 7.42. The summed E-state index contributed by atoms with van der Waals surface area (Å²) < 4.78 is 63.5. The highest BCUT2D eigenvalue weighted by atomic mass is 127. The van der Waals surface area contributed by atoms with Crippen molar-refractivity contribution in [3.8, 4) is 0 Å². The van der Waals surface area contributed by atoms with Crippen molar-refractivity contribution in [2.24, 2.45) is 4.99 Å². The number of benzene rings is 1. The number of hydrogen-bond donors (Lipinski definition) is 2. The van der Waals surface area contributed by atoms with Crippen molar-refractivity contribution in [3.05, 3.63) is 35.4 Å². The van der Waals surface area contributed by atoms with Gasteiger partial charge in [-0.1, -0.05) is 25.1 Å². The number of rotatable bonds is 7. The maximum absolute atomic E-state index is 12.9. The predicted molar refractivity (Wildman–Crippen MR) is 120 cm³/mol. The molecule has 10 heteroatoms. The van der Waals surface area contributed by atoms with Crippen LogP contribution in [-0.2, 0) is 6.18 Å². The van der Waals surface area contributed by atoms with Gasteiger partial charge >= 0.3 is 6.18 Å². The second-order valence-corrected chi connectivity index (χ2v) is 7.42. The molecule has 0 bridgehead atoms. The van der Waals surface area contributed by atoms with E-state index in [2.05, 4.69) is 15.6 Å². The highest BCUT2D eigenvalue weighted by Crippen LogP contribution is 2.31. The van der Waals surface area contributed by atoms with E-state index in [1.165, 1.54) is 12.1 Å². The lowest BCUT2D eigenvalue weighted by atomic mass is 9.96. The first-order valence-electron chi connectivity index (χ1n) is 9.84. The third-order valence-corrected chi connectivity index (χ3v) is 5.20. The van der Waals surface area contributed by atoms with Gasteiger partial charge in [-0.15, -0.1) is 24.0 Å². The Hall–Kier alpha value is -1.17. The number of aliphatic imine (C=N–C) groups is 1. The molecule has 0 saturated carbocycles. The highest BCUT2D eigenvalue weighted by molar-refractivity contribution is 14.0. The molecule has 1 unspecified atom stereocenters. The first-order chi connectivity index (χ1) is 13.7. The number of likely N-dealkylation sites (tertiary alicyclic amines) is 1. The van der Waals surface area contributed by atoms with Crippen LogP contribution < -0.4 is 10.6 Å². The van der Waals surface area contributed by atoms with Gasteiger partial charge in [0.05, 0.1) is 12.1 Å². The number of halogens is 6. The maximum Gasteiger partial charge on any atom is 0.416 e. The van der Waals surface area contributed by atoms with Gasteiger partial charge in [0, 0.05) is 32.7 Å². The Labute approximate surface area is 191 Å². The van der Waals surface area contributed by atoms with Gasteiger partial charge in [0.15, 0.2) is 5.96 Å². The largest absolute Gasteiger partial charge is 0.416 e. The Morgan fingerprint density at radius 2 is 1.90 bits per heavy atom. The average molecular weight is 548 g/mol. The zero-order valence-corrected chi connectivity index (χ0v) is 19.5. The van der Waals surface area contributed by atoms with Crippen LogP contribution in [0.4, 0.5) is 22.0 Å². The van der Waals surface area contributed by atoms with Gasteiger partial charge in [0.2, 0.25) is 0 Å². The molecule has 1 aliphatic heterocycles. The SMILES string of the molecule is CN=C(NCCC(C)c1cccc(C(F)(F)F)c1)NC1CCN(CC(F)F)CC1.I. The van der Waals surface area contributed by atoms with Gasteiger partial charge in [0.25, 0.3) is 6.43 Å². The monoisotopic (exact) mass is 548 g/mol. The van der Waals surface area contributed by atoms with Crippen molar-refractivity contribution in [1.29, 1.82) is 0 Å².